The number of carbonyl (C=O) groups is 1. The van der Waals surface area contributed by atoms with Crippen LogP contribution in [-0.2, 0) is 11.3 Å². The first-order valence-corrected chi connectivity index (χ1v) is 7.96. The zero-order valence-corrected chi connectivity index (χ0v) is 13.8. The van der Waals surface area contributed by atoms with Gasteiger partial charge in [0, 0.05) is 24.9 Å². The Morgan fingerprint density at radius 2 is 2.08 bits per heavy atom. The number of likely N-dealkylation sites (N-methyl/N-ethyl adjacent to an activating group) is 1. The molecule has 0 N–H and O–H groups in total. The van der Waals surface area contributed by atoms with E-state index < -0.39 is 16.6 Å². The Morgan fingerprint density at radius 3 is 2.68 bits per heavy atom. The van der Waals surface area contributed by atoms with E-state index in [0.717, 1.165) is 4.68 Å². The van der Waals surface area contributed by atoms with Crippen molar-refractivity contribution in [3.05, 3.63) is 62.4 Å². The van der Waals surface area contributed by atoms with Crippen LogP contribution in [0.1, 0.15) is 0 Å². The third kappa shape index (κ3) is 3.48. The first-order chi connectivity index (χ1) is 12.0. The molecule has 3 rings (SSSR count). The smallest absolute Gasteiger partial charge is 0.387 e. The number of nitrogens with zero attached hydrogens (tertiary/aromatic N) is 4. The molecule has 0 aliphatic heterocycles. The maximum atomic E-state index is 12.3. The first kappa shape index (κ1) is 16.6. The van der Waals surface area contributed by atoms with Crippen LogP contribution >= 0.6 is 11.3 Å². The number of thiophene rings is 1. The summed E-state index contributed by atoms with van der Waals surface area (Å²) in [6.07, 6.45) is 0. The second-order valence-corrected chi connectivity index (χ2v) is 5.98. The van der Waals surface area contributed by atoms with Crippen molar-refractivity contribution in [1.82, 2.24) is 9.78 Å². The summed E-state index contributed by atoms with van der Waals surface area (Å²) in [5.74, 6) is -0.985. The number of non-ortho nitro benzene ring substituents is 1. The summed E-state index contributed by atoms with van der Waals surface area (Å²) in [5, 5.41) is 16.5. The molecule has 1 aromatic carbocycles. The molecule has 25 heavy (non-hydrogen) atoms. The Hall–Kier alpha value is -3.27. The molecule has 0 saturated heterocycles. The zero-order chi connectivity index (χ0) is 18.0. The van der Waals surface area contributed by atoms with Gasteiger partial charge < -0.3 is 9.32 Å². The predicted octanol–water partition coefficient (Wildman–Crippen LogP) is 2.14. The Bertz CT molecular complexity index is 959. The molecule has 128 valence electrons. The van der Waals surface area contributed by atoms with Crippen molar-refractivity contribution in [2.45, 2.75) is 6.54 Å². The molecule has 0 aliphatic carbocycles. The third-order valence-corrected chi connectivity index (χ3v) is 4.30. The first-order valence-electron chi connectivity index (χ1n) is 7.08. The molecule has 0 atom stereocenters. The number of rotatable bonds is 5. The lowest BCUT2D eigenvalue weighted by Gasteiger charge is -2.16. The van der Waals surface area contributed by atoms with Crippen molar-refractivity contribution < 1.29 is 14.1 Å². The highest BCUT2D eigenvalue weighted by molar-refractivity contribution is 7.13. The maximum absolute atomic E-state index is 12.3. The molecule has 0 fully saturated rings. The van der Waals surface area contributed by atoms with Gasteiger partial charge in [-0.15, -0.1) is 16.4 Å². The SMILES string of the molecule is CN(C(=O)Cn1nc(-c2cccs2)oc1=O)c1ccc([N+](=O)[O-])cc1. The van der Waals surface area contributed by atoms with Crippen molar-refractivity contribution >= 4 is 28.6 Å². The van der Waals surface area contributed by atoms with Gasteiger partial charge in [0.15, 0.2) is 0 Å². The lowest BCUT2D eigenvalue weighted by Crippen LogP contribution is -2.33. The van der Waals surface area contributed by atoms with E-state index in [-0.39, 0.29) is 18.1 Å². The van der Waals surface area contributed by atoms with Crippen LogP contribution in [0.4, 0.5) is 11.4 Å². The van der Waals surface area contributed by atoms with Gasteiger partial charge in [0.1, 0.15) is 6.54 Å². The van der Waals surface area contributed by atoms with E-state index in [1.165, 1.54) is 47.5 Å². The van der Waals surface area contributed by atoms with E-state index in [0.29, 0.717) is 10.6 Å². The molecule has 0 bridgehead atoms. The number of benzene rings is 1. The van der Waals surface area contributed by atoms with Gasteiger partial charge >= 0.3 is 5.76 Å². The van der Waals surface area contributed by atoms with E-state index in [9.17, 15) is 19.7 Å². The maximum Gasteiger partial charge on any atom is 0.437 e. The highest BCUT2D eigenvalue weighted by atomic mass is 32.1. The molecule has 0 aliphatic rings. The molecule has 2 heterocycles. The van der Waals surface area contributed by atoms with E-state index in [4.69, 9.17) is 4.42 Å². The number of aromatic nitrogens is 2. The van der Waals surface area contributed by atoms with Crippen molar-refractivity contribution in [3.8, 4) is 10.8 Å². The normalized spacial score (nSPS) is 10.6. The minimum Gasteiger partial charge on any atom is -0.387 e. The minimum atomic E-state index is -0.728. The molecular formula is C15H12N4O5S. The quantitative estimate of drug-likeness (QED) is 0.509. The van der Waals surface area contributed by atoms with E-state index in [2.05, 4.69) is 5.10 Å². The highest BCUT2D eigenvalue weighted by Gasteiger charge is 2.17. The average molecular weight is 360 g/mol. The fraction of sp³-hybridized carbons (Fsp3) is 0.133. The van der Waals surface area contributed by atoms with Gasteiger partial charge in [-0.1, -0.05) is 6.07 Å². The topological polar surface area (TPSA) is 111 Å². The summed E-state index contributed by atoms with van der Waals surface area (Å²) in [5.41, 5.74) is 0.392. The van der Waals surface area contributed by atoms with Crippen LogP contribution in [0.5, 0.6) is 0 Å². The monoisotopic (exact) mass is 360 g/mol. The van der Waals surface area contributed by atoms with Crippen LogP contribution in [0.2, 0.25) is 0 Å². The van der Waals surface area contributed by atoms with Gasteiger partial charge in [0.25, 0.3) is 11.6 Å². The van der Waals surface area contributed by atoms with Crippen LogP contribution in [0.3, 0.4) is 0 Å². The Labute approximate surface area is 144 Å². The molecule has 0 unspecified atom stereocenters. The summed E-state index contributed by atoms with van der Waals surface area (Å²) in [6.45, 7) is -0.304. The summed E-state index contributed by atoms with van der Waals surface area (Å²) < 4.78 is 5.99. The fourth-order valence-electron chi connectivity index (χ4n) is 2.08. The van der Waals surface area contributed by atoms with Crippen molar-refractivity contribution in [1.29, 1.82) is 0 Å². The lowest BCUT2D eigenvalue weighted by atomic mass is 10.2. The Kier molecular flexibility index (Phi) is 4.44. The number of anilines is 1. The van der Waals surface area contributed by atoms with E-state index in [1.807, 2.05) is 5.38 Å². The molecule has 0 saturated carbocycles. The lowest BCUT2D eigenvalue weighted by molar-refractivity contribution is -0.384. The van der Waals surface area contributed by atoms with Crippen molar-refractivity contribution in [2.75, 3.05) is 11.9 Å². The van der Waals surface area contributed by atoms with Gasteiger partial charge in [-0.3, -0.25) is 14.9 Å². The molecule has 0 spiro atoms. The standard InChI is InChI=1S/C15H12N4O5S/c1-17(10-4-6-11(7-5-10)19(22)23)13(20)9-18-15(21)24-14(16-18)12-3-2-8-25-12/h2-8H,9H2,1H3. The fourth-order valence-corrected chi connectivity index (χ4v) is 2.73. The number of nitro groups is 1. The molecular weight excluding hydrogens is 348 g/mol. The summed E-state index contributed by atoms with van der Waals surface area (Å²) >= 11 is 1.36. The third-order valence-electron chi connectivity index (χ3n) is 3.45. The molecule has 2 aromatic heterocycles. The number of nitro benzene ring substituents is 1. The van der Waals surface area contributed by atoms with Gasteiger partial charge in [0.05, 0.1) is 9.80 Å². The highest BCUT2D eigenvalue weighted by Crippen LogP contribution is 2.21. The zero-order valence-electron chi connectivity index (χ0n) is 13.0. The largest absolute Gasteiger partial charge is 0.437 e. The number of hydrogen-bond acceptors (Lipinski definition) is 7. The van der Waals surface area contributed by atoms with Gasteiger partial charge in [-0.25, -0.2) is 4.79 Å². The molecule has 9 nitrogen and oxygen atoms in total. The van der Waals surface area contributed by atoms with Gasteiger partial charge in [-0.05, 0) is 23.6 Å². The Balaban J connectivity index is 1.75. The van der Waals surface area contributed by atoms with Crippen LogP contribution in [0.25, 0.3) is 10.8 Å². The summed E-state index contributed by atoms with van der Waals surface area (Å²) in [6, 6.07) is 9.07. The molecule has 10 heteroatoms. The van der Waals surface area contributed by atoms with Crippen LogP contribution < -0.4 is 10.7 Å². The van der Waals surface area contributed by atoms with Gasteiger partial charge in [-0.2, -0.15) is 4.68 Å². The van der Waals surface area contributed by atoms with Crippen LogP contribution in [0, 0.1) is 10.1 Å². The average Bonchev–Trinajstić information content (AvgIpc) is 3.24. The van der Waals surface area contributed by atoms with Crippen molar-refractivity contribution in [2.24, 2.45) is 0 Å². The van der Waals surface area contributed by atoms with E-state index >= 15 is 0 Å². The van der Waals surface area contributed by atoms with E-state index in [1.54, 1.807) is 12.1 Å². The second-order valence-electron chi connectivity index (χ2n) is 5.03. The molecule has 3 aromatic rings. The second kappa shape index (κ2) is 6.69. The van der Waals surface area contributed by atoms with Crippen molar-refractivity contribution in [3.63, 3.8) is 0 Å². The minimum absolute atomic E-state index is 0.0714. The Morgan fingerprint density at radius 1 is 1.36 bits per heavy atom. The number of amides is 1. The summed E-state index contributed by atoms with van der Waals surface area (Å²) in [4.78, 5) is 36.3. The number of hydrogen-bond donors (Lipinski definition) is 0. The van der Waals surface area contributed by atoms with Gasteiger partial charge in [0.2, 0.25) is 5.91 Å². The summed E-state index contributed by atoms with van der Waals surface area (Å²) in [7, 11) is 1.51. The molecule has 1 amide bonds. The molecule has 0 radical (unpaired) electrons. The predicted molar refractivity (Wildman–Crippen MR) is 90.6 cm³/mol. The number of carbonyl (C=O) groups excluding carboxylic acids is 1. The van der Waals surface area contributed by atoms with Crippen LogP contribution in [0.15, 0.2) is 51.0 Å². The van der Waals surface area contributed by atoms with Crippen LogP contribution in [-0.4, -0.2) is 27.7 Å².